The first-order valence-corrected chi connectivity index (χ1v) is 8.93. The number of nitrogens with zero attached hydrogens (tertiary/aromatic N) is 2. The van der Waals surface area contributed by atoms with Gasteiger partial charge in [0.15, 0.2) is 11.5 Å². The number of nitrogens with one attached hydrogen (secondary N) is 1. The molecule has 5 nitrogen and oxygen atoms in total. The molecule has 1 N–H and O–H groups in total. The van der Waals surface area contributed by atoms with E-state index in [0.29, 0.717) is 11.3 Å². The number of hydrogen-bond donors (Lipinski definition) is 1. The van der Waals surface area contributed by atoms with E-state index in [1.165, 1.54) is 31.5 Å². The monoisotopic (exact) mass is 343 g/mol. The summed E-state index contributed by atoms with van der Waals surface area (Å²) in [6.45, 7) is 3.30. The zero-order chi connectivity index (χ0) is 17.2. The Morgan fingerprint density at radius 3 is 2.60 bits per heavy atom. The third-order valence-electron chi connectivity index (χ3n) is 5.01. The molecule has 1 aliphatic carbocycles. The second-order valence-corrected chi connectivity index (χ2v) is 7.08. The summed E-state index contributed by atoms with van der Waals surface area (Å²) in [5.74, 6) is 0.850. The average molecular weight is 343 g/mol. The lowest BCUT2D eigenvalue weighted by Gasteiger charge is -2.32. The van der Waals surface area contributed by atoms with Crippen LogP contribution in [0.3, 0.4) is 0 Å². The summed E-state index contributed by atoms with van der Waals surface area (Å²) in [4.78, 5) is 14.9. The summed E-state index contributed by atoms with van der Waals surface area (Å²) >= 11 is 0. The molecule has 1 saturated carbocycles. The van der Waals surface area contributed by atoms with Crippen molar-refractivity contribution in [3.8, 4) is 11.3 Å². The third-order valence-corrected chi connectivity index (χ3v) is 5.01. The fraction of sp³-hybridized carbons (Fsp3) is 0.474. The van der Waals surface area contributed by atoms with Crippen molar-refractivity contribution in [1.29, 1.82) is 0 Å². The van der Waals surface area contributed by atoms with Gasteiger partial charge in [0.25, 0.3) is 5.91 Å². The summed E-state index contributed by atoms with van der Waals surface area (Å²) in [7, 11) is 0. The van der Waals surface area contributed by atoms with Crippen LogP contribution in [-0.4, -0.2) is 41.6 Å². The van der Waals surface area contributed by atoms with Crippen LogP contribution in [0.15, 0.2) is 34.9 Å². The number of hydrogen-bond acceptors (Lipinski definition) is 4. The Morgan fingerprint density at radius 1 is 1.20 bits per heavy atom. The van der Waals surface area contributed by atoms with Gasteiger partial charge in [0, 0.05) is 37.3 Å². The van der Waals surface area contributed by atoms with Crippen LogP contribution in [0.1, 0.15) is 36.2 Å². The molecule has 0 radical (unpaired) electrons. The van der Waals surface area contributed by atoms with Crippen LogP contribution in [-0.2, 0) is 0 Å². The molecular formula is C19H22FN3O2. The molecule has 1 amide bonds. The molecule has 1 aliphatic heterocycles. The molecule has 25 heavy (non-hydrogen) atoms. The zero-order valence-electron chi connectivity index (χ0n) is 14.1. The SMILES string of the molecule is O=C(NC1CCN(CC2CC2)CC1)c1cc(-c2ccc(F)cc2)on1. The molecule has 2 fully saturated rings. The van der Waals surface area contributed by atoms with Crippen molar-refractivity contribution in [3.05, 3.63) is 41.8 Å². The lowest BCUT2D eigenvalue weighted by atomic mass is 10.0. The van der Waals surface area contributed by atoms with Gasteiger partial charge in [-0.15, -0.1) is 0 Å². The van der Waals surface area contributed by atoms with Crippen LogP contribution in [0.4, 0.5) is 4.39 Å². The average Bonchev–Trinajstić information content (AvgIpc) is 3.29. The van der Waals surface area contributed by atoms with Gasteiger partial charge in [-0.3, -0.25) is 4.79 Å². The maximum absolute atomic E-state index is 13.0. The van der Waals surface area contributed by atoms with E-state index in [9.17, 15) is 9.18 Å². The van der Waals surface area contributed by atoms with Crippen molar-refractivity contribution in [2.75, 3.05) is 19.6 Å². The van der Waals surface area contributed by atoms with Crippen molar-refractivity contribution in [3.63, 3.8) is 0 Å². The lowest BCUT2D eigenvalue weighted by Crippen LogP contribution is -2.45. The standard InChI is InChI=1S/C19H22FN3O2/c20-15-5-3-14(4-6-15)18-11-17(22-25-18)19(24)21-16-7-9-23(10-8-16)12-13-1-2-13/h3-6,11,13,16H,1-2,7-10,12H2,(H,21,24). The van der Waals surface area contributed by atoms with Crippen LogP contribution in [0.25, 0.3) is 11.3 Å². The van der Waals surface area contributed by atoms with E-state index >= 15 is 0 Å². The van der Waals surface area contributed by atoms with Crippen molar-refractivity contribution in [2.45, 2.75) is 31.7 Å². The fourth-order valence-electron chi connectivity index (χ4n) is 3.32. The van der Waals surface area contributed by atoms with E-state index in [1.54, 1.807) is 18.2 Å². The molecule has 6 heteroatoms. The lowest BCUT2D eigenvalue weighted by molar-refractivity contribution is 0.0900. The van der Waals surface area contributed by atoms with Gasteiger partial charge in [0.2, 0.25) is 0 Å². The van der Waals surface area contributed by atoms with Gasteiger partial charge >= 0.3 is 0 Å². The van der Waals surface area contributed by atoms with E-state index in [0.717, 1.165) is 31.8 Å². The molecule has 0 spiro atoms. The van der Waals surface area contributed by atoms with E-state index in [2.05, 4.69) is 15.4 Å². The van der Waals surface area contributed by atoms with E-state index in [-0.39, 0.29) is 23.5 Å². The number of rotatable bonds is 5. The van der Waals surface area contributed by atoms with Gasteiger partial charge in [-0.05, 0) is 55.9 Å². The molecule has 1 aromatic heterocycles. The number of amides is 1. The Labute approximate surface area is 146 Å². The van der Waals surface area contributed by atoms with Gasteiger partial charge < -0.3 is 14.7 Å². The second kappa shape index (κ2) is 6.96. The number of piperidine rings is 1. The van der Waals surface area contributed by atoms with Gasteiger partial charge in [-0.2, -0.15) is 0 Å². The Hall–Kier alpha value is -2.21. The van der Waals surface area contributed by atoms with E-state index in [1.807, 2.05) is 0 Å². The van der Waals surface area contributed by atoms with Gasteiger partial charge in [-0.1, -0.05) is 5.16 Å². The molecule has 0 atom stereocenters. The highest BCUT2D eigenvalue weighted by atomic mass is 19.1. The predicted octanol–water partition coefficient (Wildman–Crippen LogP) is 3.08. The van der Waals surface area contributed by atoms with Crippen LogP contribution in [0, 0.1) is 11.7 Å². The summed E-state index contributed by atoms with van der Waals surface area (Å²) in [6.07, 6.45) is 4.70. The molecule has 2 aliphatic rings. The normalized spacial score (nSPS) is 19.1. The Balaban J connectivity index is 1.31. The van der Waals surface area contributed by atoms with Crippen LogP contribution < -0.4 is 5.32 Å². The molecule has 2 heterocycles. The maximum atomic E-state index is 13.0. The van der Waals surface area contributed by atoms with Crippen LogP contribution >= 0.6 is 0 Å². The largest absolute Gasteiger partial charge is 0.355 e. The minimum atomic E-state index is -0.311. The topological polar surface area (TPSA) is 58.4 Å². The van der Waals surface area contributed by atoms with Crippen LogP contribution in [0.2, 0.25) is 0 Å². The van der Waals surface area contributed by atoms with Crippen LogP contribution in [0.5, 0.6) is 0 Å². The Kier molecular flexibility index (Phi) is 4.53. The molecule has 2 aromatic rings. The molecule has 132 valence electrons. The summed E-state index contributed by atoms with van der Waals surface area (Å²) in [6, 6.07) is 7.71. The minimum Gasteiger partial charge on any atom is -0.355 e. The van der Waals surface area contributed by atoms with Crippen molar-refractivity contribution >= 4 is 5.91 Å². The number of benzene rings is 1. The van der Waals surface area contributed by atoms with Gasteiger partial charge in [-0.25, -0.2) is 4.39 Å². The van der Waals surface area contributed by atoms with Crippen molar-refractivity contribution < 1.29 is 13.7 Å². The van der Waals surface area contributed by atoms with E-state index in [4.69, 9.17) is 4.52 Å². The van der Waals surface area contributed by atoms with Crippen molar-refractivity contribution in [1.82, 2.24) is 15.4 Å². The quantitative estimate of drug-likeness (QED) is 0.906. The maximum Gasteiger partial charge on any atom is 0.273 e. The molecule has 0 bridgehead atoms. The fourth-order valence-corrected chi connectivity index (χ4v) is 3.32. The summed E-state index contributed by atoms with van der Waals surface area (Å²) in [5, 5.41) is 6.90. The number of carbonyl (C=O) groups is 1. The highest BCUT2D eigenvalue weighted by molar-refractivity contribution is 5.93. The number of halogens is 1. The van der Waals surface area contributed by atoms with Crippen molar-refractivity contribution in [2.24, 2.45) is 5.92 Å². The highest BCUT2D eigenvalue weighted by Gasteiger charge is 2.28. The van der Waals surface area contributed by atoms with E-state index < -0.39 is 0 Å². The first kappa shape index (κ1) is 16.3. The summed E-state index contributed by atoms with van der Waals surface area (Å²) in [5.41, 5.74) is 0.959. The Bertz CT molecular complexity index is 731. The summed E-state index contributed by atoms with van der Waals surface area (Å²) < 4.78 is 18.2. The predicted molar refractivity (Wildman–Crippen MR) is 91.5 cm³/mol. The van der Waals surface area contributed by atoms with Gasteiger partial charge in [0.05, 0.1) is 0 Å². The highest BCUT2D eigenvalue weighted by Crippen LogP contribution is 2.30. The number of carbonyl (C=O) groups excluding carboxylic acids is 1. The third kappa shape index (κ3) is 4.07. The minimum absolute atomic E-state index is 0.189. The van der Waals surface area contributed by atoms with Gasteiger partial charge in [0.1, 0.15) is 5.82 Å². The second-order valence-electron chi connectivity index (χ2n) is 7.08. The molecular weight excluding hydrogens is 321 g/mol. The molecule has 0 unspecified atom stereocenters. The first-order valence-electron chi connectivity index (χ1n) is 8.93. The number of aromatic nitrogens is 1. The molecule has 1 aromatic carbocycles. The first-order chi connectivity index (χ1) is 12.2. The Morgan fingerprint density at radius 2 is 1.92 bits per heavy atom. The molecule has 1 saturated heterocycles. The smallest absolute Gasteiger partial charge is 0.273 e. The molecule has 4 rings (SSSR count). The number of likely N-dealkylation sites (tertiary alicyclic amines) is 1. The zero-order valence-corrected chi connectivity index (χ0v) is 14.1.